The van der Waals surface area contributed by atoms with Gasteiger partial charge in [-0.15, -0.1) is 0 Å². The summed E-state index contributed by atoms with van der Waals surface area (Å²) in [6, 6.07) is 15.0. The molecule has 1 saturated heterocycles. The van der Waals surface area contributed by atoms with Gasteiger partial charge in [-0.3, -0.25) is 4.90 Å². The van der Waals surface area contributed by atoms with Crippen LogP contribution in [-0.4, -0.2) is 43.8 Å². The van der Waals surface area contributed by atoms with Crippen molar-refractivity contribution in [1.82, 2.24) is 9.21 Å². The maximum atomic E-state index is 13.5. The highest BCUT2D eigenvalue weighted by Crippen LogP contribution is 2.33. The highest BCUT2D eigenvalue weighted by molar-refractivity contribution is 7.89. The first-order chi connectivity index (χ1) is 15.7. The third-order valence-corrected chi connectivity index (χ3v) is 8.61. The number of benzene rings is 3. The molecule has 1 heterocycles. The van der Waals surface area contributed by atoms with Crippen molar-refractivity contribution in [3.8, 4) is 0 Å². The second-order valence-electron chi connectivity index (χ2n) is 7.98. The monoisotopic (exact) mass is 510 g/mol. The van der Waals surface area contributed by atoms with Crippen LogP contribution in [0.15, 0.2) is 65.6 Å². The van der Waals surface area contributed by atoms with Crippen molar-refractivity contribution in [1.29, 1.82) is 0 Å². The number of piperazine rings is 1. The first kappa shape index (κ1) is 24.1. The molecule has 4 rings (SSSR count). The van der Waals surface area contributed by atoms with Crippen LogP contribution in [0.4, 0.5) is 8.78 Å². The van der Waals surface area contributed by atoms with Crippen molar-refractivity contribution in [3.05, 3.63) is 99.0 Å². The van der Waals surface area contributed by atoms with E-state index in [0.717, 1.165) is 11.1 Å². The quantitative estimate of drug-likeness (QED) is 0.443. The molecule has 0 radical (unpaired) electrons. The second kappa shape index (κ2) is 9.68. The molecule has 0 spiro atoms. The summed E-state index contributed by atoms with van der Waals surface area (Å²) >= 11 is 12.3. The number of hydrogen-bond donors (Lipinski definition) is 0. The summed E-state index contributed by atoms with van der Waals surface area (Å²) in [5, 5.41) is 0.494. The summed E-state index contributed by atoms with van der Waals surface area (Å²) in [5.74, 6) is -0.690. The molecule has 174 valence electrons. The van der Waals surface area contributed by atoms with Crippen molar-refractivity contribution in [3.63, 3.8) is 0 Å². The Bertz CT molecular complexity index is 1200. The molecule has 0 aliphatic carbocycles. The average molecular weight is 511 g/mol. The summed E-state index contributed by atoms with van der Waals surface area (Å²) in [5.41, 5.74) is 2.32. The van der Waals surface area contributed by atoms with Crippen LogP contribution in [0.2, 0.25) is 10.0 Å². The third-order valence-electron chi connectivity index (χ3n) is 5.84. The van der Waals surface area contributed by atoms with E-state index in [1.807, 2.05) is 0 Å². The predicted octanol–water partition coefficient (Wildman–Crippen LogP) is 5.68. The number of rotatable bonds is 5. The minimum atomic E-state index is -3.80. The van der Waals surface area contributed by atoms with Gasteiger partial charge in [-0.05, 0) is 60.0 Å². The standard InChI is InChI=1S/C24H22Cl2F2N2O2S/c1-16-14-23(22(26)15-21(16)25)33(31,32)30-12-10-29(11-13-30)24(17-2-6-19(27)7-3-17)18-4-8-20(28)9-5-18/h2-9,14-15,24H,10-13H2,1H3. The lowest BCUT2D eigenvalue weighted by Crippen LogP contribution is -2.49. The Morgan fingerprint density at radius 1 is 0.788 bits per heavy atom. The lowest BCUT2D eigenvalue weighted by Gasteiger charge is -2.39. The van der Waals surface area contributed by atoms with Crippen molar-refractivity contribution in [2.24, 2.45) is 0 Å². The topological polar surface area (TPSA) is 40.6 Å². The SMILES string of the molecule is Cc1cc(S(=O)(=O)N2CCN(C(c3ccc(F)cc3)c3ccc(F)cc3)CC2)c(Cl)cc1Cl. The van der Waals surface area contributed by atoms with Gasteiger partial charge in [0.05, 0.1) is 11.1 Å². The predicted molar refractivity (Wildman–Crippen MR) is 126 cm³/mol. The Morgan fingerprint density at radius 2 is 1.27 bits per heavy atom. The Kier molecular flexibility index (Phi) is 7.07. The molecule has 1 aliphatic heterocycles. The van der Waals surface area contributed by atoms with Gasteiger partial charge in [0.15, 0.2) is 0 Å². The van der Waals surface area contributed by atoms with Gasteiger partial charge < -0.3 is 0 Å². The number of halogens is 4. The van der Waals surface area contributed by atoms with E-state index in [2.05, 4.69) is 4.90 Å². The van der Waals surface area contributed by atoms with Gasteiger partial charge in [0.1, 0.15) is 16.5 Å². The van der Waals surface area contributed by atoms with Crippen molar-refractivity contribution in [2.45, 2.75) is 17.9 Å². The molecule has 0 N–H and O–H groups in total. The molecule has 3 aromatic rings. The zero-order chi connectivity index (χ0) is 23.8. The minimum Gasteiger partial charge on any atom is -0.290 e. The Balaban J connectivity index is 1.59. The second-order valence-corrected chi connectivity index (χ2v) is 10.7. The molecule has 1 aliphatic rings. The number of hydrogen-bond acceptors (Lipinski definition) is 3. The Morgan fingerprint density at radius 3 is 1.76 bits per heavy atom. The maximum absolute atomic E-state index is 13.5. The molecular formula is C24H22Cl2F2N2O2S. The van der Waals surface area contributed by atoms with Crippen molar-refractivity contribution in [2.75, 3.05) is 26.2 Å². The molecule has 0 amide bonds. The van der Waals surface area contributed by atoms with Gasteiger partial charge >= 0.3 is 0 Å². The summed E-state index contributed by atoms with van der Waals surface area (Å²) < 4.78 is 55.0. The molecular weight excluding hydrogens is 489 g/mol. The van der Waals surface area contributed by atoms with Gasteiger partial charge in [-0.25, -0.2) is 17.2 Å². The fourth-order valence-corrected chi connectivity index (χ4v) is 6.30. The van der Waals surface area contributed by atoms with E-state index in [4.69, 9.17) is 23.2 Å². The van der Waals surface area contributed by atoms with E-state index in [1.54, 1.807) is 31.2 Å². The third kappa shape index (κ3) is 5.08. The summed E-state index contributed by atoms with van der Waals surface area (Å²) in [4.78, 5) is 2.15. The summed E-state index contributed by atoms with van der Waals surface area (Å²) in [6.07, 6.45) is 0. The lowest BCUT2D eigenvalue weighted by molar-refractivity contribution is 0.155. The van der Waals surface area contributed by atoms with E-state index >= 15 is 0 Å². The van der Waals surface area contributed by atoms with Crippen molar-refractivity contribution < 1.29 is 17.2 Å². The molecule has 0 unspecified atom stereocenters. The lowest BCUT2D eigenvalue weighted by atomic mass is 9.96. The van der Waals surface area contributed by atoms with Gasteiger partial charge in [0.2, 0.25) is 10.0 Å². The van der Waals surface area contributed by atoms with Crippen LogP contribution in [-0.2, 0) is 10.0 Å². The molecule has 0 aromatic heterocycles. The van der Waals surface area contributed by atoms with E-state index in [9.17, 15) is 17.2 Å². The normalized spacial score (nSPS) is 15.8. The fourth-order valence-electron chi connectivity index (χ4n) is 4.07. The molecule has 0 atom stereocenters. The van der Waals surface area contributed by atoms with Crippen LogP contribution in [0.5, 0.6) is 0 Å². The zero-order valence-corrected chi connectivity index (χ0v) is 20.1. The summed E-state index contributed by atoms with van der Waals surface area (Å²) in [6.45, 7) is 3.09. The molecule has 33 heavy (non-hydrogen) atoms. The molecule has 9 heteroatoms. The van der Waals surface area contributed by atoms with Crippen LogP contribution < -0.4 is 0 Å². The number of sulfonamides is 1. The van der Waals surface area contributed by atoms with E-state index in [0.29, 0.717) is 23.7 Å². The highest BCUT2D eigenvalue weighted by atomic mass is 35.5. The molecule has 0 saturated carbocycles. The van der Waals surface area contributed by atoms with Gasteiger partial charge in [-0.1, -0.05) is 47.5 Å². The first-order valence-electron chi connectivity index (χ1n) is 10.4. The van der Waals surface area contributed by atoms with Crippen LogP contribution >= 0.6 is 23.2 Å². The van der Waals surface area contributed by atoms with Crippen LogP contribution in [0, 0.1) is 18.6 Å². The highest BCUT2D eigenvalue weighted by Gasteiger charge is 2.33. The molecule has 0 bridgehead atoms. The van der Waals surface area contributed by atoms with Gasteiger partial charge in [0, 0.05) is 31.2 Å². The van der Waals surface area contributed by atoms with Gasteiger partial charge in [-0.2, -0.15) is 4.31 Å². The smallest absolute Gasteiger partial charge is 0.244 e. The molecule has 1 fully saturated rings. The van der Waals surface area contributed by atoms with Crippen LogP contribution in [0.3, 0.4) is 0 Å². The number of nitrogens with zero attached hydrogens (tertiary/aromatic N) is 2. The van der Waals surface area contributed by atoms with E-state index in [-0.39, 0.29) is 40.7 Å². The largest absolute Gasteiger partial charge is 0.290 e. The van der Waals surface area contributed by atoms with Crippen LogP contribution in [0.25, 0.3) is 0 Å². The number of aryl methyl sites for hydroxylation is 1. The van der Waals surface area contributed by atoms with E-state index < -0.39 is 10.0 Å². The average Bonchev–Trinajstić information content (AvgIpc) is 2.79. The van der Waals surface area contributed by atoms with Crippen LogP contribution in [0.1, 0.15) is 22.7 Å². The first-order valence-corrected chi connectivity index (χ1v) is 12.6. The molecule has 4 nitrogen and oxygen atoms in total. The van der Waals surface area contributed by atoms with Crippen molar-refractivity contribution >= 4 is 33.2 Å². The minimum absolute atomic E-state index is 0.0353. The maximum Gasteiger partial charge on any atom is 0.244 e. The summed E-state index contributed by atoms with van der Waals surface area (Å²) in [7, 11) is -3.80. The Labute approximate surface area is 202 Å². The van der Waals surface area contributed by atoms with Gasteiger partial charge in [0.25, 0.3) is 0 Å². The fraction of sp³-hybridized carbons (Fsp3) is 0.250. The molecule has 3 aromatic carbocycles. The Hall–Kier alpha value is -2.03. The zero-order valence-electron chi connectivity index (χ0n) is 17.8. The van der Waals surface area contributed by atoms with E-state index in [1.165, 1.54) is 40.7 Å².